The molecule has 0 amide bonds. The zero-order chi connectivity index (χ0) is 19.2. The molecular weight excluding hydrogens is 356 g/mol. The van der Waals surface area contributed by atoms with Gasteiger partial charge in [-0.2, -0.15) is 8.78 Å². The number of para-hydroxylation sites is 2. The summed E-state index contributed by atoms with van der Waals surface area (Å²) in [7, 11) is 0. The van der Waals surface area contributed by atoms with E-state index in [4.69, 9.17) is 9.47 Å². The fourth-order valence-corrected chi connectivity index (χ4v) is 3.00. The van der Waals surface area contributed by atoms with Gasteiger partial charge in [-0.15, -0.1) is 0 Å². The highest BCUT2D eigenvalue weighted by Crippen LogP contribution is 2.31. The van der Waals surface area contributed by atoms with Gasteiger partial charge in [0.15, 0.2) is 11.5 Å². The summed E-state index contributed by atoms with van der Waals surface area (Å²) in [6.45, 7) is 1.32. The molecule has 2 atom stereocenters. The van der Waals surface area contributed by atoms with Gasteiger partial charge in [-0.05, 0) is 36.4 Å². The van der Waals surface area contributed by atoms with Gasteiger partial charge in [0, 0.05) is 13.1 Å². The fourth-order valence-electron chi connectivity index (χ4n) is 3.00. The van der Waals surface area contributed by atoms with E-state index >= 15 is 0 Å². The Hall–Kier alpha value is -2.38. The zero-order valence-electron chi connectivity index (χ0n) is 15.1. The van der Waals surface area contributed by atoms with Crippen LogP contribution in [0.15, 0.2) is 48.5 Å². The summed E-state index contributed by atoms with van der Waals surface area (Å²) >= 11 is 0. The van der Waals surface area contributed by atoms with Crippen LogP contribution in [-0.4, -0.2) is 49.0 Å². The van der Waals surface area contributed by atoms with Crippen LogP contribution in [0.5, 0.6) is 17.2 Å². The third kappa shape index (κ3) is 5.30. The molecule has 1 aliphatic heterocycles. The number of rotatable bonds is 8. The topological polar surface area (TPSA) is 51.2 Å². The molecule has 0 aliphatic carbocycles. The predicted octanol–water partition coefficient (Wildman–Crippen LogP) is 3.48. The van der Waals surface area contributed by atoms with Crippen molar-refractivity contribution >= 4 is 0 Å². The highest BCUT2D eigenvalue weighted by molar-refractivity contribution is 5.40. The smallest absolute Gasteiger partial charge is 0.387 e. The Bertz CT molecular complexity index is 726. The minimum atomic E-state index is -2.86. The van der Waals surface area contributed by atoms with Crippen LogP contribution in [0.1, 0.15) is 18.6 Å². The quantitative estimate of drug-likeness (QED) is 0.761. The summed E-state index contributed by atoms with van der Waals surface area (Å²) in [5.41, 5.74) is 0.640. The summed E-state index contributed by atoms with van der Waals surface area (Å²) < 4.78 is 40.4. The summed E-state index contributed by atoms with van der Waals surface area (Å²) in [6.07, 6.45) is -0.879. The fraction of sp³-hybridized carbons (Fsp3) is 0.400. The first-order valence-electron chi connectivity index (χ1n) is 8.89. The highest BCUT2D eigenvalue weighted by Gasteiger charge is 2.24. The summed E-state index contributed by atoms with van der Waals surface area (Å²) in [6, 6.07) is 13.6. The maximum atomic E-state index is 12.2. The van der Waals surface area contributed by atoms with Gasteiger partial charge < -0.3 is 19.3 Å². The number of aliphatic hydroxyl groups is 1. The second kappa shape index (κ2) is 9.01. The molecular formula is C20H23F2NO4. The van der Waals surface area contributed by atoms with E-state index in [1.807, 2.05) is 31.2 Å². The first kappa shape index (κ1) is 19.4. The number of ether oxygens (including phenoxy) is 3. The van der Waals surface area contributed by atoms with E-state index in [-0.39, 0.29) is 11.9 Å². The molecule has 0 saturated heterocycles. The van der Waals surface area contributed by atoms with E-state index in [0.29, 0.717) is 25.3 Å². The molecule has 0 fully saturated rings. The normalized spacial score (nSPS) is 17.2. The lowest BCUT2D eigenvalue weighted by Crippen LogP contribution is -2.42. The zero-order valence-corrected chi connectivity index (χ0v) is 15.1. The van der Waals surface area contributed by atoms with E-state index in [1.54, 1.807) is 12.1 Å². The maximum absolute atomic E-state index is 12.2. The van der Waals surface area contributed by atoms with E-state index in [1.165, 1.54) is 12.1 Å². The van der Waals surface area contributed by atoms with E-state index in [2.05, 4.69) is 9.64 Å². The van der Waals surface area contributed by atoms with Crippen LogP contribution in [0.3, 0.4) is 0 Å². The second-order valence-electron chi connectivity index (χ2n) is 6.31. The minimum absolute atomic E-state index is 0.0692. The molecule has 0 radical (unpaired) electrons. The van der Waals surface area contributed by atoms with Crippen molar-refractivity contribution in [1.82, 2.24) is 4.90 Å². The van der Waals surface area contributed by atoms with Gasteiger partial charge in [-0.25, -0.2) is 0 Å². The summed E-state index contributed by atoms with van der Waals surface area (Å²) in [5, 5.41) is 10.5. The number of halogens is 2. The van der Waals surface area contributed by atoms with Crippen molar-refractivity contribution in [3.63, 3.8) is 0 Å². The van der Waals surface area contributed by atoms with Crippen molar-refractivity contribution in [2.24, 2.45) is 0 Å². The van der Waals surface area contributed by atoms with Gasteiger partial charge in [0.1, 0.15) is 18.5 Å². The Morgan fingerprint density at radius 1 is 1.15 bits per heavy atom. The molecule has 27 heavy (non-hydrogen) atoms. The van der Waals surface area contributed by atoms with Gasteiger partial charge in [0.25, 0.3) is 0 Å². The molecule has 2 unspecified atom stereocenters. The number of hydrogen-bond acceptors (Lipinski definition) is 5. The van der Waals surface area contributed by atoms with E-state index < -0.39 is 12.7 Å². The molecule has 2 aromatic rings. The number of aliphatic hydroxyl groups excluding tert-OH is 1. The Balaban J connectivity index is 1.55. The molecule has 0 bridgehead atoms. The molecule has 146 valence electrons. The van der Waals surface area contributed by atoms with Gasteiger partial charge in [-0.3, -0.25) is 4.90 Å². The Labute approximate surface area is 157 Å². The monoisotopic (exact) mass is 379 g/mol. The van der Waals surface area contributed by atoms with Crippen molar-refractivity contribution in [3.05, 3.63) is 54.1 Å². The maximum Gasteiger partial charge on any atom is 0.387 e. The second-order valence-corrected chi connectivity index (χ2v) is 6.31. The lowest BCUT2D eigenvalue weighted by molar-refractivity contribution is -0.0498. The first-order valence-corrected chi connectivity index (χ1v) is 8.89. The Morgan fingerprint density at radius 3 is 2.52 bits per heavy atom. The summed E-state index contributed by atoms with van der Waals surface area (Å²) in [5.74, 6) is 1.53. The van der Waals surface area contributed by atoms with Crippen LogP contribution >= 0.6 is 0 Å². The average molecular weight is 379 g/mol. The number of nitrogens with zero attached hydrogens (tertiary/aromatic N) is 1. The van der Waals surface area contributed by atoms with Crippen molar-refractivity contribution in [2.75, 3.05) is 26.2 Å². The molecule has 3 rings (SSSR count). The number of likely N-dealkylation sites (N-methyl/N-ethyl adjacent to an activating group) is 1. The molecule has 1 heterocycles. The van der Waals surface area contributed by atoms with E-state index in [9.17, 15) is 13.9 Å². The van der Waals surface area contributed by atoms with Gasteiger partial charge in [0.2, 0.25) is 0 Å². The SMILES string of the molecule is CCN(CC1COc2ccccc2O1)CC(O)c1ccc(OC(F)F)cc1. The van der Waals surface area contributed by atoms with Crippen molar-refractivity contribution in [1.29, 1.82) is 0 Å². The largest absolute Gasteiger partial charge is 0.486 e. The molecule has 0 spiro atoms. The van der Waals surface area contributed by atoms with Gasteiger partial charge in [-0.1, -0.05) is 31.2 Å². The third-order valence-corrected chi connectivity index (χ3v) is 4.40. The number of fused-ring (bicyclic) bond motifs is 1. The number of alkyl halides is 2. The third-order valence-electron chi connectivity index (χ3n) is 4.40. The van der Waals surface area contributed by atoms with Crippen LogP contribution in [0.25, 0.3) is 0 Å². The molecule has 0 saturated carbocycles. The Kier molecular flexibility index (Phi) is 6.47. The first-order chi connectivity index (χ1) is 13.0. The molecule has 1 aliphatic rings. The van der Waals surface area contributed by atoms with Crippen molar-refractivity contribution in [3.8, 4) is 17.2 Å². The lowest BCUT2D eigenvalue weighted by atomic mass is 10.1. The number of benzene rings is 2. The lowest BCUT2D eigenvalue weighted by Gasteiger charge is -2.31. The number of hydrogen-bond donors (Lipinski definition) is 1. The van der Waals surface area contributed by atoms with Gasteiger partial charge >= 0.3 is 6.61 Å². The Morgan fingerprint density at radius 2 is 1.85 bits per heavy atom. The average Bonchev–Trinajstić information content (AvgIpc) is 2.67. The predicted molar refractivity (Wildman–Crippen MR) is 96.5 cm³/mol. The van der Waals surface area contributed by atoms with Crippen LogP contribution in [0, 0.1) is 0 Å². The van der Waals surface area contributed by atoms with Crippen molar-refractivity contribution in [2.45, 2.75) is 25.7 Å². The van der Waals surface area contributed by atoms with Crippen LogP contribution in [0.4, 0.5) is 8.78 Å². The minimum Gasteiger partial charge on any atom is -0.486 e. The molecule has 2 aromatic carbocycles. The van der Waals surface area contributed by atoms with Crippen LogP contribution < -0.4 is 14.2 Å². The van der Waals surface area contributed by atoms with Crippen molar-refractivity contribution < 1.29 is 28.1 Å². The summed E-state index contributed by atoms with van der Waals surface area (Å²) in [4.78, 5) is 2.07. The molecule has 7 heteroatoms. The standard InChI is InChI=1S/C20H23F2NO4/c1-2-23(11-16-13-25-18-5-3-4-6-19(18)26-16)12-17(24)14-7-9-15(10-8-14)27-20(21)22/h3-10,16-17,20,24H,2,11-13H2,1H3. The molecule has 1 N–H and O–H groups in total. The van der Waals surface area contributed by atoms with Crippen LogP contribution in [-0.2, 0) is 0 Å². The highest BCUT2D eigenvalue weighted by atomic mass is 19.3. The molecule has 5 nitrogen and oxygen atoms in total. The van der Waals surface area contributed by atoms with Gasteiger partial charge in [0.05, 0.1) is 6.10 Å². The van der Waals surface area contributed by atoms with E-state index in [0.717, 1.165) is 18.0 Å². The van der Waals surface area contributed by atoms with Crippen LogP contribution in [0.2, 0.25) is 0 Å². The molecule has 0 aromatic heterocycles.